The third kappa shape index (κ3) is 38.1. The summed E-state index contributed by atoms with van der Waals surface area (Å²) in [4.78, 5) is 0. The van der Waals surface area contributed by atoms with Crippen LogP contribution in [0.5, 0.6) is 0 Å². The van der Waals surface area contributed by atoms with Crippen molar-refractivity contribution in [2.24, 2.45) is 0 Å². The maximum absolute atomic E-state index is 5.92. The van der Waals surface area contributed by atoms with Crippen LogP contribution in [0.2, 0.25) is 0 Å². The fourth-order valence-electron chi connectivity index (χ4n) is 1.46. The van der Waals surface area contributed by atoms with Crippen LogP contribution in [-0.4, -0.2) is 343 Å². The molecule has 25 nitrogen and oxygen atoms in total. The van der Waals surface area contributed by atoms with Crippen LogP contribution in [0.25, 0.3) is 0 Å². The van der Waals surface area contributed by atoms with Gasteiger partial charge in [-0.3, -0.25) is 0 Å². The van der Waals surface area contributed by atoms with Gasteiger partial charge in [0.05, 0.1) is 0 Å². The Morgan fingerprint density at radius 2 is 0.500 bits per heavy atom. The van der Waals surface area contributed by atoms with Crippen molar-refractivity contribution in [2.45, 2.75) is 0 Å². The van der Waals surface area contributed by atoms with E-state index in [0.717, 1.165) is 0 Å². The standard InChI is InChI=1S/9CH2O2.10Bi.7H2O.14H/c9*2-1-3;;;;;;;;;;;;;;;;;;;;;;;;;;;;;;;/h9*1H2;;;;;;;;;;;7*1H2;;;;;;;;;;;;;;/q9*-2;7*+1;+3;2*+4;;;;;;;;;;;;;;;;;;;;;. The van der Waals surface area contributed by atoms with Gasteiger partial charge in [0.2, 0.25) is 0 Å². The summed E-state index contributed by atoms with van der Waals surface area (Å²) < 4.78 is 99.2. The molecule has 0 aromatic heterocycles. The molecule has 0 saturated carbocycles. The first-order valence-electron chi connectivity index (χ1n) is 8.85. The summed E-state index contributed by atoms with van der Waals surface area (Å²) in [6.45, 7) is -0.907. The molecule has 44 heavy (non-hydrogen) atoms. The topological polar surface area (TPSA) is 387 Å². The molecular formula is C9H46Bi10O25. The molecule has 0 fully saturated rings. The van der Waals surface area contributed by atoms with Crippen LogP contribution in [0.4, 0.5) is 0 Å². The molecule has 35 heteroatoms. The van der Waals surface area contributed by atoms with E-state index in [-0.39, 0.29) is 218 Å². The van der Waals surface area contributed by atoms with Gasteiger partial charge in [-0.1, -0.05) is 0 Å². The van der Waals surface area contributed by atoms with Crippen molar-refractivity contribution < 1.29 is 89.0 Å². The number of hydrogen-bond donors (Lipinski definition) is 0. The summed E-state index contributed by atoms with van der Waals surface area (Å²) in [6.07, 6.45) is 0. The molecule has 0 bridgehead atoms. The van der Waals surface area contributed by atoms with Crippen molar-refractivity contribution in [1.29, 1.82) is 0 Å². The Balaban J connectivity index is -0.000000309. The van der Waals surface area contributed by atoms with Gasteiger partial charge in [0, 0.05) is 0 Å². The molecule has 0 unspecified atom stereocenters. The summed E-state index contributed by atoms with van der Waals surface area (Å²) >= 11 is -11.2. The summed E-state index contributed by atoms with van der Waals surface area (Å²) in [7, 11) is 0. The van der Waals surface area contributed by atoms with Crippen molar-refractivity contribution >= 4 is 243 Å². The Morgan fingerprint density at radius 3 is 0.750 bits per heavy atom. The molecule has 282 valence electrons. The molecule has 0 amide bonds. The molecule has 0 aliphatic heterocycles. The Morgan fingerprint density at radius 1 is 0.295 bits per heavy atom. The SMILES string of the molecule is O.O.O.O.O.O.O.[BiH2][O]C[O][Bi]([O]C[O][BiH2])[O]C[O][Bi]([O]C[O][BiH2])([O]C[O][BiH2])[O]C[O][Bi]([O]C[O][BiH2])([O]C[O][BiH2])[O]C[O][BiH2]. The van der Waals surface area contributed by atoms with Gasteiger partial charge in [-0.05, 0) is 0 Å². The minimum atomic E-state index is -4.92. The first-order chi connectivity index (χ1) is 18.0. The molecule has 0 atom stereocenters. The van der Waals surface area contributed by atoms with Crippen molar-refractivity contribution in [1.82, 2.24) is 0 Å². The summed E-state index contributed by atoms with van der Waals surface area (Å²) in [5.74, 6) is 0. The molecule has 2 radical (unpaired) electrons. The van der Waals surface area contributed by atoms with Gasteiger partial charge in [-0.25, -0.2) is 0 Å². The Kier molecular flexibility index (Phi) is 80.5. The molecular weight excluding hydrogens is 2600 g/mol. The fraction of sp³-hybridized carbons (Fsp3) is 1.00. The van der Waals surface area contributed by atoms with Crippen LogP contribution in [0.3, 0.4) is 0 Å². The van der Waals surface area contributed by atoms with Gasteiger partial charge in [-0.2, -0.15) is 0 Å². The minimum absolute atomic E-state index is 0. The third-order valence-electron chi connectivity index (χ3n) is 2.64. The van der Waals surface area contributed by atoms with Gasteiger partial charge in [0.15, 0.2) is 0 Å². The zero-order chi connectivity index (χ0) is 27.7. The molecule has 0 spiro atoms. The van der Waals surface area contributed by atoms with E-state index in [2.05, 4.69) is 0 Å². The average Bonchev–Trinajstić information content (AvgIpc) is 2.92. The molecule has 0 aromatic carbocycles. The van der Waals surface area contributed by atoms with E-state index in [4.69, 9.17) is 50.6 Å². The van der Waals surface area contributed by atoms with Crippen molar-refractivity contribution in [3.05, 3.63) is 0 Å². The summed E-state index contributed by atoms with van der Waals surface area (Å²) in [5.41, 5.74) is 0. The van der Waals surface area contributed by atoms with Crippen LogP contribution in [0, 0.1) is 0 Å². The van der Waals surface area contributed by atoms with Gasteiger partial charge >= 0.3 is 355 Å². The van der Waals surface area contributed by atoms with Crippen LogP contribution in [0.15, 0.2) is 0 Å². The predicted molar refractivity (Wildman–Crippen MR) is 166 cm³/mol. The van der Waals surface area contributed by atoms with Crippen LogP contribution in [-0.2, 0) is 50.6 Å². The second kappa shape index (κ2) is 50.8. The Labute approximate surface area is 385 Å². The molecule has 0 aliphatic carbocycles. The zero-order valence-electron chi connectivity index (χ0n) is 22.6. The molecule has 0 aliphatic rings. The summed E-state index contributed by atoms with van der Waals surface area (Å²) in [6, 6.07) is 0. The maximum atomic E-state index is 5.92. The van der Waals surface area contributed by atoms with E-state index in [0.29, 0.717) is 50.3 Å². The average molecular weight is 2640 g/mol. The Bertz CT molecular complexity index is 474. The molecule has 0 rings (SSSR count). The van der Waals surface area contributed by atoms with Crippen molar-refractivity contribution in [3.8, 4) is 0 Å². The second-order valence-corrected chi connectivity index (χ2v) is 33.6. The van der Waals surface area contributed by atoms with Crippen molar-refractivity contribution in [3.63, 3.8) is 0 Å². The number of rotatable bonds is 29. The van der Waals surface area contributed by atoms with Gasteiger partial charge in [0.25, 0.3) is 0 Å². The monoisotopic (exact) mass is 2640 g/mol. The van der Waals surface area contributed by atoms with Crippen LogP contribution < -0.4 is 0 Å². The van der Waals surface area contributed by atoms with E-state index < -0.39 is 73.9 Å². The van der Waals surface area contributed by atoms with Crippen molar-refractivity contribution in [2.75, 3.05) is 61.1 Å². The van der Waals surface area contributed by atoms with Gasteiger partial charge < -0.3 is 38.3 Å². The van der Waals surface area contributed by atoms with E-state index in [1.54, 1.807) is 0 Å². The summed E-state index contributed by atoms with van der Waals surface area (Å²) in [5, 5.41) is 0. The normalized spacial score (nSPS) is 10.6. The number of hydrogen-bond acceptors (Lipinski definition) is 18. The van der Waals surface area contributed by atoms with E-state index in [1.807, 2.05) is 0 Å². The quantitative estimate of drug-likeness (QED) is 0.0496. The van der Waals surface area contributed by atoms with Gasteiger partial charge in [0.1, 0.15) is 0 Å². The van der Waals surface area contributed by atoms with Crippen LogP contribution >= 0.6 is 0 Å². The second-order valence-electron chi connectivity index (χ2n) is 4.77. The molecule has 14 N–H and O–H groups in total. The van der Waals surface area contributed by atoms with Gasteiger partial charge in [-0.15, -0.1) is 0 Å². The molecule has 0 aromatic rings. The van der Waals surface area contributed by atoms with E-state index in [9.17, 15) is 0 Å². The molecule has 0 saturated heterocycles. The first kappa shape index (κ1) is 69.7. The third-order valence-corrected chi connectivity index (χ3v) is 23.1. The Hall–Kier alpha value is 7.83. The van der Waals surface area contributed by atoms with E-state index >= 15 is 0 Å². The van der Waals surface area contributed by atoms with E-state index in [1.165, 1.54) is 0 Å². The predicted octanol–water partition coefficient (Wildman–Crippen LogP) is -14.2. The first-order valence-corrected chi connectivity index (χ1v) is 37.3. The van der Waals surface area contributed by atoms with Crippen LogP contribution in [0.1, 0.15) is 0 Å². The molecule has 0 heterocycles. The fourth-order valence-corrected chi connectivity index (χ4v) is 30.6. The zero-order valence-corrected chi connectivity index (χ0v) is 64.4.